The number of nitrogens with zero attached hydrogens (tertiary/aromatic N) is 1. The molecular weight excluding hydrogens is 362 g/mol. The molecule has 5 rings (SSSR count). The fourth-order valence-electron chi connectivity index (χ4n) is 5.93. The molecule has 0 amide bonds. The summed E-state index contributed by atoms with van der Waals surface area (Å²) in [6.45, 7) is 12.5. The summed E-state index contributed by atoms with van der Waals surface area (Å²) in [6.07, 6.45) is 4.44. The molecule has 0 atom stereocenters. The number of hydrogen-bond acceptors (Lipinski definition) is 1. The fraction of sp³-hybridized carbons (Fsp3) is 0.379. The van der Waals surface area contributed by atoms with Crippen LogP contribution < -0.4 is 0 Å². The molecular formula is C29H33N. The first-order valence-electron chi connectivity index (χ1n) is 11.8. The average Bonchev–Trinajstić information content (AvgIpc) is 3.34. The summed E-state index contributed by atoms with van der Waals surface area (Å²) in [5.41, 5.74) is 17.0. The molecule has 0 aromatic heterocycles. The van der Waals surface area contributed by atoms with Crippen LogP contribution >= 0.6 is 0 Å². The van der Waals surface area contributed by atoms with Gasteiger partial charge in [-0.05, 0) is 106 Å². The van der Waals surface area contributed by atoms with E-state index in [2.05, 4.69) is 75.1 Å². The summed E-state index contributed by atoms with van der Waals surface area (Å²) in [5, 5.41) is 0. The van der Waals surface area contributed by atoms with Crippen molar-refractivity contribution < 1.29 is 0 Å². The Kier molecular flexibility index (Phi) is 5.03. The Bertz CT molecular complexity index is 1120. The minimum atomic E-state index is 1.05. The SMILES string of the molecule is CCc1c(CC)c2c(c3c1Cc1ccccc1-3)Cc1ccc(CN(CC)CC)cc1-2. The standard InChI is InChI=1S/C29H33N/c1-5-22-23(6-2)28-25-15-19(18-30(7-3)8-4)13-14-21(25)17-27(28)29-24-12-10-9-11-20(24)16-26(22)29/h9-15H,5-8,16-18H2,1-4H3. The maximum Gasteiger partial charge on any atom is 0.0233 e. The van der Waals surface area contributed by atoms with Crippen LogP contribution in [-0.4, -0.2) is 18.0 Å². The largest absolute Gasteiger partial charge is 0.300 e. The molecule has 0 bridgehead atoms. The highest BCUT2D eigenvalue weighted by atomic mass is 15.1. The molecule has 3 aromatic rings. The predicted molar refractivity (Wildman–Crippen MR) is 128 cm³/mol. The smallest absolute Gasteiger partial charge is 0.0233 e. The summed E-state index contributed by atoms with van der Waals surface area (Å²) in [7, 11) is 0. The van der Waals surface area contributed by atoms with Gasteiger partial charge in [0.2, 0.25) is 0 Å². The molecule has 2 aliphatic rings. The van der Waals surface area contributed by atoms with E-state index in [1.165, 1.54) is 27.8 Å². The number of benzene rings is 3. The molecule has 0 fully saturated rings. The Hall–Kier alpha value is -2.38. The van der Waals surface area contributed by atoms with Crippen LogP contribution in [0.1, 0.15) is 66.6 Å². The molecule has 0 aliphatic heterocycles. The Morgan fingerprint density at radius 2 is 1.40 bits per heavy atom. The minimum Gasteiger partial charge on any atom is -0.300 e. The molecule has 1 heteroatoms. The van der Waals surface area contributed by atoms with E-state index < -0.39 is 0 Å². The van der Waals surface area contributed by atoms with E-state index in [4.69, 9.17) is 0 Å². The van der Waals surface area contributed by atoms with Crippen molar-refractivity contribution in [3.05, 3.63) is 81.4 Å². The molecule has 0 N–H and O–H groups in total. The van der Waals surface area contributed by atoms with Crippen molar-refractivity contribution in [2.45, 2.75) is 59.9 Å². The van der Waals surface area contributed by atoms with Gasteiger partial charge < -0.3 is 0 Å². The molecule has 0 saturated carbocycles. The van der Waals surface area contributed by atoms with Crippen LogP contribution in [0.4, 0.5) is 0 Å². The molecule has 1 nitrogen and oxygen atoms in total. The first-order chi connectivity index (χ1) is 14.7. The van der Waals surface area contributed by atoms with Crippen molar-refractivity contribution in [2.75, 3.05) is 13.1 Å². The van der Waals surface area contributed by atoms with Crippen LogP contribution in [0.3, 0.4) is 0 Å². The Labute approximate surface area is 181 Å². The van der Waals surface area contributed by atoms with Gasteiger partial charge in [-0.15, -0.1) is 0 Å². The average molecular weight is 396 g/mol. The monoisotopic (exact) mass is 395 g/mol. The normalized spacial score (nSPS) is 13.4. The highest BCUT2D eigenvalue weighted by Gasteiger charge is 2.32. The van der Waals surface area contributed by atoms with E-state index in [0.717, 1.165) is 45.3 Å². The van der Waals surface area contributed by atoms with E-state index >= 15 is 0 Å². The Morgan fingerprint density at radius 1 is 0.700 bits per heavy atom. The topological polar surface area (TPSA) is 3.24 Å². The van der Waals surface area contributed by atoms with Crippen LogP contribution in [0, 0.1) is 0 Å². The second kappa shape index (κ2) is 7.71. The number of fused-ring (bicyclic) bond motifs is 7. The zero-order chi connectivity index (χ0) is 20.8. The summed E-state index contributed by atoms with van der Waals surface area (Å²) in [5.74, 6) is 0. The maximum absolute atomic E-state index is 2.51. The second-order valence-corrected chi connectivity index (χ2v) is 8.83. The van der Waals surface area contributed by atoms with Gasteiger partial charge in [0, 0.05) is 6.54 Å². The van der Waals surface area contributed by atoms with Gasteiger partial charge in [0.15, 0.2) is 0 Å². The van der Waals surface area contributed by atoms with Gasteiger partial charge in [0.05, 0.1) is 0 Å². The van der Waals surface area contributed by atoms with Crippen molar-refractivity contribution in [3.8, 4) is 22.3 Å². The van der Waals surface area contributed by atoms with Gasteiger partial charge in [-0.3, -0.25) is 4.90 Å². The van der Waals surface area contributed by atoms with Crippen LogP contribution in [-0.2, 0) is 32.2 Å². The molecule has 0 saturated heterocycles. The summed E-state index contributed by atoms with van der Waals surface area (Å²) >= 11 is 0. The van der Waals surface area contributed by atoms with Gasteiger partial charge >= 0.3 is 0 Å². The highest BCUT2D eigenvalue weighted by Crippen LogP contribution is 2.51. The molecule has 0 unspecified atom stereocenters. The van der Waals surface area contributed by atoms with E-state index in [0.29, 0.717) is 0 Å². The van der Waals surface area contributed by atoms with Crippen molar-refractivity contribution in [3.63, 3.8) is 0 Å². The zero-order valence-corrected chi connectivity index (χ0v) is 18.9. The van der Waals surface area contributed by atoms with Crippen LogP contribution in [0.25, 0.3) is 22.3 Å². The third-order valence-corrected chi connectivity index (χ3v) is 7.41. The van der Waals surface area contributed by atoms with Crippen molar-refractivity contribution in [1.29, 1.82) is 0 Å². The van der Waals surface area contributed by atoms with E-state index in [9.17, 15) is 0 Å². The summed E-state index contributed by atoms with van der Waals surface area (Å²) < 4.78 is 0. The quantitative estimate of drug-likeness (QED) is 0.306. The lowest BCUT2D eigenvalue weighted by Gasteiger charge is -2.21. The third-order valence-electron chi connectivity index (χ3n) is 7.41. The number of rotatable bonds is 6. The Morgan fingerprint density at radius 3 is 2.13 bits per heavy atom. The molecule has 0 heterocycles. The van der Waals surface area contributed by atoms with Crippen LogP contribution in [0.2, 0.25) is 0 Å². The van der Waals surface area contributed by atoms with E-state index in [1.807, 2.05) is 0 Å². The highest BCUT2D eigenvalue weighted by molar-refractivity contribution is 5.93. The van der Waals surface area contributed by atoms with E-state index in [-0.39, 0.29) is 0 Å². The lowest BCUT2D eigenvalue weighted by atomic mass is 9.84. The lowest BCUT2D eigenvalue weighted by Crippen LogP contribution is -2.22. The van der Waals surface area contributed by atoms with Crippen molar-refractivity contribution in [2.24, 2.45) is 0 Å². The van der Waals surface area contributed by atoms with Gasteiger partial charge in [0.25, 0.3) is 0 Å². The van der Waals surface area contributed by atoms with Gasteiger partial charge in [-0.1, -0.05) is 64.1 Å². The first-order valence-corrected chi connectivity index (χ1v) is 11.8. The van der Waals surface area contributed by atoms with Crippen molar-refractivity contribution in [1.82, 2.24) is 4.90 Å². The second-order valence-electron chi connectivity index (χ2n) is 8.83. The molecule has 2 aliphatic carbocycles. The van der Waals surface area contributed by atoms with Gasteiger partial charge in [0.1, 0.15) is 0 Å². The first kappa shape index (κ1) is 19.6. The maximum atomic E-state index is 2.51. The summed E-state index contributed by atoms with van der Waals surface area (Å²) in [6, 6.07) is 16.4. The van der Waals surface area contributed by atoms with E-state index in [1.54, 1.807) is 33.4 Å². The lowest BCUT2D eigenvalue weighted by molar-refractivity contribution is 0.296. The summed E-state index contributed by atoms with van der Waals surface area (Å²) in [4.78, 5) is 2.51. The molecule has 0 spiro atoms. The zero-order valence-electron chi connectivity index (χ0n) is 18.9. The third kappa shape index (κ3) is 2.87. The van der Waals surface area contributed by atoms with Crippen LogP contribution in [0.15, 0.2) is 42.5 Å². The Balaban J connectivity index is 1.72. The van der Waals surface area contributed by atoms with Gasteiger partial charge in [-0.2, -0.15) is 0 Å². The molecule has 3 aromatic carbocycles. The number of hydrogen-bond donors (Lipinski definition) is 0. The molecule has 30 heavy (non-hydrogen) atoms. The molecule has 0 radical (unpaired) electrons. The molecule has 154 valence electrons. The minimum absolute atomic E-state index is 1.05. The van der Waals surface area contributed by atoms with Crippen molar-refractivity contribution >= 4 is 0 Å². The predicted octanol–water partition coefficient (Wildman–Crippen LogP) is 6.80. The van der Waals surface area contributed by atoms with Crippen LogP contribution in [0.5, 0.6) is 0 Å². The van der Waals surface area contributed by atoms with Gasteiger partial charge in [-0.25, -0.2) is 0 Å². The fourth-order valence-corrected chi connectivity index (χ4v) is 5.93.